The minimum absolute atomic E-state index is 0.105. The van der Waals surface area contributed by atoms with Gasteiger partial charge in [-0.1, -0.05) is 17.4 Å². The fraction of sp³-hybridized carbons (Fsp3) is 0.611. The van der Waals surface area contributed by atoms with E-state index in [9.17, 15) is 17.6 Å². The zero-order valence-corrected chi connectivity index (χ0v) is 16.6. The highest BCUT2D eigenvalue weighted by Crippen LogP contribution is 2.28. The Balaban J connectivity index is 1.57. The van der Waals surface area contributed by atoms with Crippen molar-refractivity contribution in [1.29, 1.82) is 0 Å². The lowest BCUT2D eigenvalue weighted by Crippen LogP contribution is -2.53. The second kappa shape index (κ2) is 9.45. The molecule has 0 spiro atoms. The van der Waals surface area contributed by atoms with Crippen LogP contribution in [0.4, 0.5) is 4.39 Å². The van der Waals surface area contributed by atoms with E-state index < -0.39 is 32.3 Å². The van der Waals surface area contributed by atoms with Crippen LogP contribution < -0.4 is 0 Å². The molecule has 0 saturated carbocycles. The molecule has 3 rings (SSSR count). The summed E-state index contributed by atoms with van der Waals surface area (Å²) < 4.78 is 51.4. The lowest BCUT2D eigenvalue weighted by Gasteiger charge is -2.37. The van der Waals surface area contributed by atoms with E-state index in [1.54, 1.807) is 12.1 Å². The van der Waals surface area contributed by atoms with Crippen LogP contribution >= 0.6 is 0 Å². The van der Waals surface area contributed by atoms with Crippen LogP contribution in [0.5, 0.6) is 0 Å². The standard InChI is InChI=1S/C18H25FN2O7S/c19-14-3-1-13(2-4-14)11-28-15-5-8-20(9-6-15)29(25,26)17-7-10-27-12-16(17)18(22)21(23)24/h1-4,15-17,23-24H,5-12H2. The first kappa shape index (κ1) is 22.1. The van der Waals surface area contributed by atoms with Crippen LogP contribution in [0.25, 0.3) is 0 Å². The number of ether oxygens (including phenoxy) is 2. The molecule has 1 aromatic rings. The van der Waals surface area contributed by atoms with Crippen LogP contribution in [-0.2, 0) is 30.9 Å². The Morgan fingerprint density at radius 1 is 1.21 bits per heavy atom. The van der Waals surface area contributed by atoms with Crippen LogP contribution in [0.15, 0.2) is 24.3 Å². The maximum absolute atomic E-state index is 13.1. The second-order valence-corrected chi connectivity index (χ2v) is 9.37. The quantitative estimate of drug-likeness (QED) is 0.512. The molecule has 2 fully saturated rings. The first-order valence-electron chi connectivity index (χ1n) is 9.43. The molecule has 0 aliphatic carbocycles. The number of hydrogen-bond donors (Lipinski definition) is 2. The zero-order valence-electron chi connectivity index (χ0n) is 15.8. The van der Waals surface area contributed by atoms with Gasteiger partial charge in [0.15, 0.2) is 0 Å². The van der Waals surface area contributed by atoms with Crippen LogP contribution in [-0.4, -0.2) is 71.9 Å². The summed E-state index contributed by atoms with van der Waals surface area (Å²) in [6.07, 6.45) is 0.972. The Bertz CT molecular complexity index is 795. The predicted octanol–water partition coefficient (Wildman–Crippen LogP) is 1.15. The number of hydrogen-bond acceptors (Lipinski definition) is 7. The van der Waals surface area contributed by atoms with Gasteiger partial charge in [-0.25, -0.2) is 17.1 Å². The molecule has 162 valence electrons. The summed E-state index contributed by atoms with van der Waals surface area (Å²) in [4.78, 5) is 12.0. The van der Waals surface area contributed by atoms with Crippen molar-refractivity contribution >= 4 is 15.9 Å². The van der Waals surface area contributed by atoms with Gasteiger partial charge in [0.25, 0.3) is 5.91 Å². The summed E-state index contributed by atoms with van der Waals surface area (Å²) in [5.41, 5.74) is 0.836. The number of hydroxylamine groups is 2. The Morgan fingerprint density at radius 3 is 2.48 bits per heavy atom. The molecule has 29 heavy (non-hydrogen) atoms. The average Bonchev–Trinajstić information content (AvgIpc) is 2.73. The number of amides is 1. The van der Waals surface area contributed by atoms with E-state index in [4.69, 9.17) is 19.9 Å². The molecule has 2 N–H and O–H groups in total. The van der Waals surface area contributed by atoms with E-state index in [1.807, 2.05) is 0 Å². The molecule has 9 nitrogen and oxygen atoms in total. The maximum Gasteiger partial charge on any atom is 0.279 e. The van der Waals surface area contributed by atoms with Crippen molar-refractivity contribution < 1.29 is 37.5 Å². The minimum Gasteiger partial charge on any atom is -0.381 e. The van der Waals surface area contributed by atoms with Crippen molar-refractivity contribution in [1.82, 2.24) is 9.53 Å². The molecule has 0 aromatic heterocycles. The van der Waals surface area contributed by atoms with Gasteiger partial charge in [-0.2, -0.15) is 0 Å². The highest BCUT2D eigenvalue weighted by atomic mass is 32.2. The normalized spacial score (nSPS) is 24.4. The van der Waals surface area contributed by atoms with Crippen molar-refractivity contribution in [3.05, 3.63) is 35.6 Å². The van der Waals surface area contributed by atoms with E-state index in [2.05, 4.69) is 0 Å². The van der Waals surface area contributed by atoms with E-state index >= 15 is 0 Å². The number of sulfonamides is 1. The Hall–Kier alpha value is -1.63. The van der Waals surface area contributed by atoms with Crippen LogP contribution in [0.3, 0.4) is 0 Å². The van der Waals surface area contributed by atoms with Gasteiger partial charge < -0.3 is 9.47 Å². The molecule has 0 bridgehead atoms. The number of piperidine rings is 1. The van der Waals surface area contributed by atoms with Crippen molar-refractivity contribution in [3.63, 3.8) is 0 Å². The van der Waals surface area contributed by atoms with Crippen LogP contribution in [0, 0.1) is 11.7 Å². The summed E-state index contributed by atoms with van der Waals surface area (Å²) in [5.74, 6) is -2.59. The van der Waals surface area contributed by atoms with Gasteiger partial charge in [0.2, 0.25) is 10.0 Å². The van der Waals surface area contributed by atoms with Gasteiger partial charge >= 0.3 is 0 Å². The fourth-order valence-electron chi connectivity index (χ4n) is 3.69. The van der Waals surface area contributed by atoms with E-state index in [-0.39, 0.29) is 44.6 Å². The van der Waals surface area contributed by atoms with E-state index in [0.717, 1.165) is 5.56 Å². The third-order valence-electron chi connectivity index (χ3n) is 5.35. The Labute approximate surface area is 168 Å². The Morgan fingerprint density at radius 2 is 1.86 bits per heavy atom. The number of carbonyl (C=O) groups is 1. The van der Waals surface area contributed by atoms with Crippen molar-refractivity contribution in [2.45, 2.75) is 37.2 Å². The van der Waals surface area contributed by atoms with Crippen molar-refractivity contribution in [2.24, 2.45) is 5.92 Å². The third-order valence-corrected chi connectivity index (χ3v) is 7.76. The molecular formula is C18H25FN2O7S. The maximum atomic E-state index is 13.1. The fourth-order valence-corrected chi connectivity index (χ4v) is 5.80. The lowest BCUT2D eigenvalue weighted by molar-refractivity contribution is -0.289. The highest BCUT2D eigenvalue weighted by Gasteiger charge is 2.45. The largest absolute Gasteiger partial charge is 0.381 e. The summed E-state index contributed by atoms with van der Waals surface area (Å²) in [7, 11) is -3.82. The SMILES string of the molecule is O=C(C1COCCC1S(=O)(=O)N1CCC(OCc2ccc(F)cc2)CC1)N(O)O. The van der Waals surface area contributed by atoms with Crippen LogP contribution in [0.1, 0.15) is 24.8 Å². The summed E-state index contributed by atoms with van der Waals surface area (Å²) in [6, 6.07) is 6.00. The van der Waals surface area contributed by atoms with E-state index in [1.165, 1.54) is 16.4 Å². The van der Waals surface area contributed by atoms with Gasteiger partial charge in [0.1, 0.15) is 5.82 Å². The summed E-state index contributed by atoms with van der Waals surface area (Å²) in [6.45, 7) is 0.809. The zero-order chi connectivity index (χ0) is 21.0. The van der Waals surface area contributed by atoms with Crippen molar-refractivity contribution in [3.8, 4) is 0 Å². The molecule has 1 amide bonds. The predicted molar refractivity (Wildman–Crippen MR) is 97.8 cm³/mol. The number of halogens is 1. The number of benzene rings is 1. The molecule has 11 heteroatoms. The molecule has 2 aliphatic heterocycles. The first-order chi connectivity index (χ1) is 13.8. The lowest BCUT2D eigenvalue weighted by atomic mass is 10.0. The molecule has 2 heterocycles. The average molecular weight is 432 g/mol. The monoisotopic (exact) mass is 432 g/mol. The van der Waals surface area contributed by atoms with Gasteiger partial charge in [-0.05, 0) is 37.0 Å². The molecule has 2 aliphatic rings. The molecule has 2 saturated heterocycles. The number of rotatable bonds is 6. The van der Waals surface area contributed by atoms with Gasteiger partial charge in [-0.3, -0.25) is 15.2 Å². The smallest absolute Gasteiger partial charge is 0.279 e. The topological polar surface area (TPSA) is 117 Å². The molecule has 2 atom stereocenters. The van der Waals surface area contributed by atoms with Crippen molar-refractivity contribution in [2.75, 3.05) is 26.3 Å². The van der Waals surface area contributed by atoms with E-state index in [0.29, 0.717) is 19.4 Å². The van der Waals surface area contributed by atoms with Crippen LogP contribution in [0.2, 0.25) is 0 Å². The summed E-state index contributed by atoms with van der Waals surface area (Å²) >= 11 is 0. The van der Waals surface area contributed by atoms with Gasteiger partial charge in [0, 0.05) is 19.7 Å². The number of nitrogens with zero attached hydrogens (tertiary/aromatic N) is 2. The number of carbonyl (C=O) groups excluding carboxylic acids is 1. The van der Waals surface area contributed by atoms with Gasteiger partial charge in [-0.15, -0.1) is 0 Å². The molecular weight excluding hydrogens is 407 g/mol. The minimum atomic E-state index is -3.82. The molecule has 1 aromatic carbocycles. The molecule has 2 unspecified atom stereocenters. The Kier molecular flexibility index (Phi) is 7.19. The third kappa shape index (κ3) is 5.30. The summed E-state index contributed by atoms with van der Waals surface area (Å²) in [5, 5.41) is 16.4. The van der Waals surface area contributed by atoms with Gasteiger partial charge in [0.05, 0.1) is 30.5 Å². The highest BCUT2D eigenvalue weighted by molar-refractivity contribution is 7.89. The first-order valence-corrected chi connectivity index (χ1v) is 10.9. The molecule has 0 radical (unpaired) electrons. The second-order valence-electron chi connectivity index (χ2n) is 7.22.